The van der Waals surface area contributed by atoms with Crippen LogP contribution in [0.1, 0.15) is 21.5 Å². The Labute approximate surface area is 125 Å². The highest BCUT2D eigenvalue weighted by Gasteiger charge is 2.16. The Kier molecular flexibility index (Phi) is 4.41. The summed E-state index contributed by atoms with van der Waals surface area (Å²) in [6.07, 6.45) is 0. The van der Waals surface area contributed by atoms with E-state index in [1.807, 2.05) is 6.07 Å². The summed E-state index contributed by atoms with van der Waals surface area (Å²) >= 11 is 5.81. The van der Waals surface area contributed by atoms with Crippen LogP contribution in [0.25, 0.3) is 0 Å². The predicted molar refractivity (Wildman–Crippen MR) is 73.9 cm³/mol. The SMILES string of the molecule is N#Cc1ccc(COc2cccc(Cl)c2C(=O)O)c(F)c1. The summed E-state index contributed by atoms with van der Waals surface area (Å²) in [5.41, 5.74) is 0.240. The second-order valence-electron chi connectivity index (χ2n) is 4.12. The number of aromatic carboxylic acids is 1. The van der Waals surface area contributed by atoms with E-state index in [2.05, 4.69) is 0 Å². The summed E-state index contributed by atoms with van der Waals surface area (Å²) in [6, 6.07) is 10.2. The highest BCUT2D eigenvalue weighted by atomic mass is 35.5. The summed E-state index contributed by atoms with van der Waals surface area (Å²) in [5.74, 6) is -1.76. The Bertz CT molecular complexity index is 740. The van der Waals surface area contributed by atoms with Crippen molar-refractivity contribution < 1.29 is 19.0 Å². The molecule has 106 valence electrons. The van der Waals surface area contributed by atoms with Crippen LogP contribution in [0.4, 0.5) is 4.39 Å². The van der Waals surface area contributed by atoms with Gasteiger partial charge in [-0.3, -0.25) is 0 Å². The first kappa shape index (κ1) is 14.8. The van der Waals surface area contributed by atoms with Crippen molar-refractivity contribution in [3.8, 4) is 11.8 Å². The molecule has 0 radical (unpaired) electrons. The van der Waals surface area contributed by atoms with Crippen LogP contribution in [0.3, 0.4) is 0 Å². The molecule has 0 spiro atoms. The Morgan fingerprint density at radius 1 is 1.38 bits per heavy atom. The minimum absolute atomic E-state index is 0.0419. The molecule has 0 aliphatic carbocycles. The van der Waals surface area contributed by atoms with E-state index in [-0.39, 0.29) is 34.1 Å². The molecule has 2 aromatic carbocycles. The van der Waals surface area contributed by atoms with E-state index in [0.717, 1.165) is 6.07 Å². The first-order valence-electron chi connectivity index (χ1n) is 5.86. The van der Waals surface area contributed by atoms with Crippen molar-refractivity contribution in [1.82, 2.24) is 0 Å². The van der Waals surface area contributed by atoms with E-state index < -0.39 is 11.8 Å². The van der Waals surface area contributed by atoms with Gasteiger partial charge in [0.1, 0.15) is 23.7 Å². The molecule has 0 aliphatic rings. The monoisotopic (exact) mass is 305 g/mol. The minimum Gasteiger partial charge on any atom is -0.488 e. The molecule has 0 bridgehead atoms. The zero-order valence-corrected chi connectivity index (χ0v) is 11.4. The maximum absolute atomic E-state index is 13.7. The van der Waals surface area contributed by atoms with Gasteiger partial charge in [0, 0.05) is 5.56 Å². The summed E-state index contributed by atoms with van der Waals surface area (Å²) in [5, 5.41) is 17.8. The average Bonchev–Trinajstić information content (AvgIpc) is 2.45. The fourth-order valence-corrected chi connectivity index (χ4v) is 1.97. The lowest BCUT2D eigenvalue weighted by atomic mass is 10.1. The second kappa shape index (κ2) is 6.25. The van der Waals surface area contributed by atoms with Crippen LogP contribution in [0, 0.1) is 17.1 Å². The molecule has 4 nitrogen and oxygen atoms in total. The van der Waals surface area contributed by atoms with Gasteiger partial charge in [0.25, 0.3) is 0 Å². The normalized spacial score (nSPS) is 9.95. The number of ether oxygens (including phenoxy) is 1. The molecule has 0 saturated heterocycles. The zero-order chi connectivity index (χ0) is 15.4. The van der Waals surface area contributed by atoms with Crippen LogP contribution in [-0.4, -0.2) is 11.1 Å². The molecule has 1 N–H and O–H groups in total. The lowest BCUT2D eigenvalue weighted by Gasteiger charge is -2.10. The second-order valence-corrected chi connectivity index (χ2v) is 4.53. The van der Waals surface area contributed by atoms with Gasteiger partial charge in [-0.15, -0.1) is 0 Å². The van der Waals surface area contributed by atoms with E-state index in [0.29, 0.717) is 0 Å². The van der Waals surface area contributed by atoms with Gasteiger partial charge >= 0.3 is 5.97 Å². The molecule has 2 rings (SSSR count). The van der Waals surface area contributed by atoms with Crippen molar-refractivity contribution in [2.24, 2.45) is 0 Å². The third-order valence-corrected chi connectivity index (χ3v) is 3.07. The Morgan fingerprint density at radius 2 is 2.14 bits per heavy atom. The van der Waals surface area contributed by atoms with Crippen LogP contribution in [0.15, 0.2) is 36.4 Å². The molecule has 0 atom stereocenters. The molecule has 0 unspecified atom stereocenters. The number of hydrogen-bond acceptors (Lipinski definition) is 3. The number of hydrogen-bond donors (Lipinski definition) is 1. The molecule has 0 fully saturated rings. The van der Waals surface area contributed by atoms with Crippen LogP contribution < -0.4 is 4.74 Å². The van der Waals surface area contributed by atoms with Crippen molar-refractivity contribution in [2.45, 2.75) is 6.61 Å². The number of carboxylic acid groups (broad SMARTS) is 1. The van der Waals surface area contributed by atoms with Gasteiger partial charge in [0.2, 0.25) is 0 Å². The topological polar surface area (TPSA) is 70.3 Å². The summed E-state index contributed by atoms with van der Waals surface area (Å²) in [4.78, 5) is 11.1. The van der Waals surface area contributed by atoms with Crippen LogP contribution in [0.2, 0.25) is 5.02 Å². The van der Waals surface area contributed by atoms with Gasteiger partial charge in [0.05, 0.1) is 16.7 Å². The van der Waals surface area contributed by atoms with Crippen molar-refractivity contribution in [2.75, 3.05) is 0 Å². The lowest BCUT2D eigenvalue weighted by Crippen LogP contribution is -2.05. The number of carboxylic acids is 1. The zero-order valence-electron chi connectivity index (χ0n) is 10.6. The largest absolute Gasteiger partial charge is 0.488 e. The molecular formula is C15H9ClFNO3. The minimum atomic E-state index is -1.23. The number of nitriles is 1. The van der Waals surface area contributed by atoms with Crippen LogP contribution in [-0.2, 0) is 6.61 Å². The van der Waals surface area contributed by atoms with Crippen molar-refractivity contribution in [3.63, 3.8) is 0 Å². The maximum atomic E-state index is 13.7. The number of nitrogens with zero attached hydrogens (tertiary/aromatic N) is 1. The van der Waals surface area contributed by atoms with Crippen LogP contribution >= 0.6 is 11.6 Å². The van der Waals surface area contributed by atoms with Gasteiger partial charge in [-0.25, -0.2) is 9.18 Å². The van der Waals surface area contributed by atoms with Gasteiger partial charge in [-0.2, -0.15) is 5.26 Å². The first-order chi connectivity index (χ1) is 10.0. The molecule has 2 aromatic rings. The smallest absolute Gasteiger partial charge is 0.341 e. The van der Waals surface area contributed by atoms with E-state index >= 15 is 0 Å². The Hall–Kier alpha value is -2.58. The molecule has 0 amide bonds. The number of carbonyl (C=O) groups is 1. The lowest BCUT2D eigenvalue weighted by molar-refractivity contribution is 0.0692. The first-order valence-corrected chi connectivity index (χ1v) is 6.24. The highest BCUT2D eigenvalue weighted by Crippen LogP contribution is 2.27. The highest BCUT2D eigenvalue weighted by molar-refractivity contribution is 6.33. The molecule has 0 aromatic heterocycles. The molecule has 0 heterocycles. The van der Waals surface area contributed by atoms with E-state index in [4.69, 9.17) is 26.7 Å². The Morgan fingerprint density at radius 3 is 2.76 bits per heavy atom. The van der Waals surface area contributed by atoms with E-state index in [1.54, 1.807) is 6.07 Å². The van der Waals surface area contributed by atoms with Gasteiger partial charge in [-0.05, 0) is 24.3 Å². The van der Waals surface area contributed by atoms with Crippen LogP contribution in [0.5, 0.6) is 5.75 Å². The molecule has 0 saturated carbocycles. The molecule has 6 heteroatoms. The molecular weight excluding hydrogens is 297 g/mol. The fraction of sp³-hybridized carbons (Fsp3) is 0.0667. The van der Waals surface area contributed by atoms with Crippen molar-refractivity contribution >= 4 is 17.6 Å². The number of benzene rings is 2. The number of rotatable bonds is 4. The third kappa shape index (κ3) is 3.30. The maximum Gasteiger partial charge on any atom is 0.341 e. The quantitative estimate of drug-likeness (QED) is 0.936. The summed E-state index contributed by atoms with van der Waals surface area (Å²) < 4.78 is 19.0. The molecule has 21 heavy (non-hydrogen) atoms. The summed E-state index contributed by atoms with van der Waals surface area (Å²) in [7, 11) is 0. The Balaban J connectivity index is 2.23. The summed E-state index contributed by atoms with van der Waals surface area (Å²) in [6.45, 7) is -0.168. The average molecular weight is 306 g/mol. The standard InChI is InChI=1S/C15H9ClFNO3/c16-11-2-1-3-13(14(11)15(19)20)21-8-10-5-4-9(7-18)6-12(10)17/h1-6H,8H2,(H,19,20). The van der Waals surface area contributed by atoms with E-state index in [1.165, 1.54) is 24.3 Å². The van der Waals surface area contributed by atoms with Gasteiger partial charge in [0.15, 0.2) is 0 Å². The molecule has 0 aliphatic heterocycles. The third-order valence-electron chi connectivity index (χ3n) is 2.75. The number of halogens is 2. The van der Waals surface area contributed by atoms with Crippen molar-refractivity contribution in [3.05, 3.63) is 63.9 Å². The van der Waals surface area contributed by atoms with Gasteiger partial charge < -0.3 is 9.84 Å². The predicted octanol–water partition coefficient (Wildman–Crippen LogP) is 3.63. The van der Waals surface area contributed by atoms with E-state index in [9.17, 15) is 9.18 Å². The fourth-order valence-electron chi connectivity index (χ4n) is 1.72. The van der Waals surface area contributed by atoms with Gasteiger partial charge in [-0.1, -0.05) is 23.7 Å². The van der Waals surface area contributed by atoms with Crippen molar-refractivity contribution in [1.29, 1.82) is 5.26 Å².